The summed E-state index contributed by atoms with van der Waals surface area (Å²) >= 11 is 0. The molecule has 1 aliphatic heterocycles. The largest absolute Gasteiger partial charge is 0.481 e. The molecule has 5 nitrogen and oxygen atoms in total. The number of aliphatic carboxylic acids is 1. The second-order valence-electron chi connectivity index (χ2n) is 7.15. The Morgan fingerprint density at radius 2 is 1.95 bits per heavy atom. The fourth-order valence-electron chi connectivity index (χ4n) is 3.50. The molecule has 1 amide bonds. The van der Waals surface area contributed by atoms with Gasteiger partial charge in [-0.05, 0) is 58.3 Å². The minimum Gasteiger partial charge on any atom is -0.481 e. The van der Waals surface area contributed by atoms with E-state index in [0.29, 0.717) is 5.92 Å². The number of hydrogen-bond acceptors (Lipinski definition) is 3. The highest BCUT2D eigenvalue weighted by molar-refractivity contribution is 5.69. The van der Waals surface area contributed by atoms with E-state index in [-0.39, 0.29) is 24.5 Å². The van der Waals surface area contributed by atoms with Gasteiger partial charge in [0.25, 0.3) is 0 Å². The fourth-order valence-corrected chi connectivity index (χ4v) is 3.50. The number of ether oxygens (including phenoxy) is 1. The Labute approximate surface area is 120 Å². The second kappa shape index (κ2) is 5.62. The number of carboxylic acid groups (broad SMARTS) is 1. The molecule has 0 aromatic carbocycles. The van der Waals surface area contributed by atoms with E-state index in [4.69, 9.17) is 9.84 Å². The first-order valence-electron chi connectivity index (χ1n) is 7.46. The van der Waals surface area contributed by atoms with E-state index in [9.17, 15) is 9.59 Å². The first kappa shape index (κ1) is 15.1. The molecule has 0 aromatic rings. The molecule has 5 heteroatoms. The van der Waals surface area contributed by atoms with E-state index in [0.717, 1.165) is 32.2 Å². The zero-order valence-electron chi connectivity index (χ0n) is 12.6. The topological polar surface area (TPSA) is 66.8 Å². The van der Waals surface area contributed by atoms with Crippen molar-refractivity contribution in [3.05, 3.63) is 0 Å². The van der Waals surface area contributed by atoms with Gasteiger partial charge in [-0.3, -0.25) is 4.79 Å². The highest BCUT2D eigenvalue weighted by atomic mass is 16.6. The molecule has 1 N–H and O–H groups in total. The fraction of sp³-hybridized carbons (Fsp3) is 0.867. The maximum atomic E-state index is 12.2. The maximum Gasteiger partial charge on any atom is 0.410 e. The maximum absolute atomic E-state index is 12.2. The third kappa shape index (κ3) is 3.87. The van der Waals surface area contributed by atoms with Crippen LogP contribution in [0.3, 0.4) is 0 Å². The Balaban J connectivity index is 1.99. The summed E-state index contributed by atoms with van der Waals surface area (Å²) in [6.07, 6.45) is 3.71. The Bertz CT molecular complexity index is 388. The number of likely N-dealkylation sites (tertiary alicyclic amines) is 1. The molecule has 1 heterocycles. The summed E-state index contributed by atoms with van der Waals surface area (Å²) in [6.45, 7) is 6.34. The number of carbonyl (C=O) groups is 2. The molecule has 3 atom stereocenters. The van der Waals surface area contributed by atoms with Gasteiger partial charge in [0.05, 0.1) is 0 Å². The first-order valence-corrected chi connectivity index (χ1v) is 7.46. The summed E-state index contributed by atoms with van der Waals surface area (Å²) < 4.78 is 5.46. The van der Waals surface area contributed by atoms with Gasteiger partial charge in [-0.1, -0.05) is 0 Å². The summed E-state index contributed by atoms with van der Waals surface area (Å²) in [6, 6.07) is 0.154. The molecule has 20 heavy (non-hydrogen) atoms. The number of carboxylic acids is 1. The minimum absolute atomic E-state index is 0.154. The predicted molar refractivity (Wildman–Crippen MR) is 74.4 cm³/mol. The summed E-state index contributed by atoms with van der Waals surface area (Å²) in [5.41, 5.74) is -0.483. The number of nitrogens with zero attached hydrogens (tertiary/aromatic N) is 1. The normalized spacial score (nSPS) is 29.9. The number of piperidine rings is 1. The monoisotopic (exact) mass is 283 g/mol. The Morgan fingerprint density at radius 3 is 2.55 bits per heavy atom. The van der Waals surface area contributed by atoms with Gasteiger partial charge in [0.1, 0.15) is 5.60 Å². The molecule has 0 spiro atoms. The predicted octanol–water partition coefficient (Wildman–Crippen LogP) is 2.89. The third-order valence-electron chi connectivity index (χ3n) is 4.19. The molecule has 1 saturated carbocycles. The van der Waals surface area contributed by atoms with E-state index in [1.54, 1.807) is 0 Å². The van der Waals surface area contributed by atoms with Crippen molar-refractivity contribution in [1.82, 2.24) is 4.90 Å². The SMILES string of the molecule is CC(C)(C)OC(=O)N1CCC2CC(CC(=O)O)CC1C2. The lowest BCUT2D eigenvalue weighted by Crippen LogP contribution is -2.51. The van der Waals surface area contributed by atoms with Crippen LogP contribution in [0, 0.1) is 11.8 Å². The Hall–Kier alpha value is -1.26. The van der Waals surface area contributed by atoms with Crippen LogP contribution in [-0.4, -0.2) is 40.3 Å². The lowest BCUT2D eigenvalue weighted by Gasteiger charge is -2.45. The third-order valence-corrected chi connectivity index (χ3v) is 4.19. The van der Waals surface area contributed by atoms with Gasteiger partial charge in [-0.2, -0.15) is 0 Å². The van der Waals surface area contributed by atoms with Crippen molar-refractivity contribution in [2.24, 2.45) is 11.8 Å². The van der Waals surface area contributed by atoms with Gasteiger partial charge in [-0.25, -0.2) is 4.79 Å². The highest BCUT2D eigenvalue weighted by Crippen LogP contribution is 2.39. The van der Waals surface area contributed by atoms with Crippen LogP contribution in [0.25, 0.3) is 0 Å². The van der Waals surface area contributed by atoms with Crippen LogP contribution < -0.4 is 0 Å². The molecular weight excluding hydrogens is 258 g/mol. The van der Waals surface area contributed by atoms with Crippen LogP contribution in [0.4, 0.5) is 4.79 Å². The molecule has 3 unspecified atom stereocenters. The lowest BCUT2D eigenvalue weighted by atomic mass is 9.73. The van der Waals surface area contributed by atoms with Crippen LogP contribution in [0.1, 0.15) is 52.9 Å². The molecule has 0 aromatic heterocycles. The van der Waals surface area contributed by atoms with E-state index in [2.05, 4.69) is 0 Å². The average Bonchev–Trinajstić information content (AvgIpc) is 2.24. The van der Waals surface area contributed by atoms with Crippen molar-refractivity contribution in [1.29, 1.82) is 0 Å². The summed E-state index contributed by atoms with van der Waals surface area (Å²) in [5.74, 6) is 0.0251. The van der Waals surface area contributed by atoms with E-state index >= 15 is 0 Å². The highest BCUT2D eigenvalue weighted by Gasteiger charge is 2.40. The molecular formula is C15H25NO4. The van der Waals surface area contributed by atoms with Crippen molar-refractivity contribution >= 4 is 12.1 Å². The van der Waals surface area contributed by atoms with Gasteiger partial charge < -0.3 is 14.7 Å². The van der Waals surface area contributed by atoms with Crippen LogP contribution >= 0.6 is 0 Å². The number of carbonyl (C=O) groups excluding carboxylic acids is 1. The summed E-state index contributed by atoms with van der Waals surface area (Å²) in [5, 5.41) is 8.95. The van der Waals surface area contributed by atoms with E-state index < -0.39 is 11.6 Å². The van der Waals surface area contributed by atoms with E-state index in [1.807, 2.05) is 25.7 Å². The van der Waals surface area contributed by atoms with Gasteiger partial charge in [-0.15, -0.1) is 0 Å². The molecule has 1 saturated heterocycles. The Kier molecular flexibility index (Phi) is 4.25. The van der Waals surface area contributed by atoms with Crippen molar-refractivity contribution in [2.45, 2.75) is 64.5 Å². The van der Waals surface area contributed by atoms with Gasteiger partial charge in [0.2, 0.25) is 0 Å². The summed E-state index contributed by atoms with van der Waals surface area (Å²) in [7, 11) is 0. The molecule has 0 radical (unpaired) electrons. The number of amides is 1. The molecule has 2 aliphatic rings. The minimum atomic E-state index is -0.737. The number of fused-ring (bicyclic) bond motifs is 2. The lowest BCUT2D eigenvalue weighted by molar-refractivity contribution is -0.138. The molecule has 2 fully saturated rings. The second-order valence-corrected chi connectivity index (χ2v) is 7.15. The molecule has 114 valence electrons. The van der Waals surface area contributed by atoms with Crippen LogP contribution in [0.15, 0.2) is 0 Å². The van der Waals surface area contributed by atoms with Crippen molar-refractivity contribution in [2.75, 3.05) is 6.54 Å². The van der Waals surface area contributed by atoms with Gasteiger partial charge >= 0.3 is 12.1 Å². The average molecular weight is 283 g/mol. The smallest absolute Gasteiger partial charge is 0.410 e. The van der Waals surface area contributed by atoms with Crippen molar-refractivity contribution in [3.8, 4) is 0 Å². The van der Waals surface area contributed by atoms with Gasteiger partial charge in [0, 0.05) is 19.0 Å². The quantitative estimate of drug-likeness (QED) is 0.846. The van der Waals surface area contributed by atoms with Gasteiger partial charge in [0.15, 0.2) is 0 Å². The van der Waals surface area contributed by atoms with Crippen LogP contribution in [0.2, 0.25) is 0 Å². The summed E-state index contributed by atoms with van der Waals surface area (Å²) in [4.78, 5) is 24.9. The molecule has 2 rings (SSSR count). The molecule has 1 aliphatic carbocycles. The molecule has 2 bridgehead atoms. The Morgan fingerprint density at radius 1 is 1.25 bits per heavy atom. The standard InChI is InChI=1S/C15H25NO4/c1-15(2,3)20-14(19)16-5-4-10-6-11(9-13(17)18)8-12(16)7-10/h10-12H,4-9H2,1-3H3,(H,17,18). The van der Waals surface area contributed by atoms with Crippen molar-refractivity contribution in [3.63, 3.8) is 0 Å². The van der Waals surface area contributed by atoms with Crippen LogP contribution in [-0.2, 0) is 9.53 Å². The zero-order chi connectivity index (χ0) is 14.9. The number of rotatable bonds is 2. The zero-order valence-corrected chi connectivity index (χ0v) is 12.6. The first-order chi connectivity index (χ1) is 9.24. The van der Waals surface area contributed by atoms with Crippen LogP contribution in [0.5, 0.6) is 0 Å². The van der Waals surface area contributed by atoms with Crippen molar-refractivity contribution < 1.29 is 19.4 Å². The van der Waals surface area contributed by atoms with E-state index in [1.165, 1.54) is 0 Å². The number of hydrogen-bond donors (Lipinski definition) is 1.